The number of carbonyl (C=O) groups excluding carboxylic acids is 1. The van der Waals surface area contributed by atoms with E-state index < -0.39 is 124 Å². The summed E-state index contributed by atoms with van der Waals surface area (Å²) in [6.07, 6.45) is -22.5. The zero-order valence-electron chi connectivity index (χ0n) is 23.9. The Balaban J connectivity index is 1.58. The van der Waals surface area contributed by atoms with E-state index in [-0.39, 0.29) is 6.61 Å². The van der Waals surface area contributed by atoms with Crippen LogP contribution in [0.5, 0.6) is 0 Å². The third-order valence-corrected chi connectivity index (χ3v) is 7.79. The van der Waals surface area contributed by atoms with Crippen LogP contribution < -0.4 is 5.32 Å². The van der Waals surface area contributed by atoms with Gasteiger partial charge in [-0.15, -0.1) is 0 Å². The zero-order valence-corrected chi connectivity index (χ0v) is 23.9. The van der Waals surface area contributed by atoms with Crippen LogP contribution in [0, 0.1) is 0 Å². The van der Waals surface area contributed by atoms with Gasteiger partial charge in [0.1, 0.15) is 79.8 Å². The Morgan fingerprint density at radius 1 is 0.778 bits per heavy atom. The molecular formula is C27H41NO17. The van der Waals surface area contributed by atoms with Gasteiger partial charge in [0.2, 0.25) is 5.91 Å². The van der Waals surface area contributed by atoms with Crippen LogP contribution in [0.25, 0.3) is 0 Å². The Labute approximate surface area is 256 Å². The second-order valence-corrected chi connectivity index (χ2v) is 10.9. The van der Waals surface area contributed by atoms with Gasteiger partial charge in [-0.2, -0.15) is 0 Å². The lowest BCUT2D eigenvalue weighted by Crippen LogP contribution is -2.67. The van der Waals surface area contributed by atoms with Crippen molar-refractivity contribution >= 4 is 5.91 Å². The van der Waals surface area contributed by atoms with Crippen LogP contribution in [0.1, 0.15) is 5.56 Å². The molecule has 18 heteroatoms. The normalized spacial score (nSPS) is 41.1. The molecule has 1 aromatic rings. The van der Waals surface area contributed by atoms with Crippen molar-refractivity contribution < 1.29 is 84.3 Å². The van der Waals surface area contributed by atoms with Gasteiger partial charge in [0, 0.05) is 0 Å². The van der Waals surface area contributed by atoms with Crippen molar-refractivity contribution in [2.24, 2.45) is 0 Å². The minimum absolute atomic E-state index is 0.0626. The summed E-state index contributed by atoms with van der Waals surface area (Å²) in [6, 6.07) is 7.38. The van der Waals surface area contributed by atoms with Crippen molar-refractivity contribution in [3.63, 3.8) is 0 Å². The molecule has 0 radical (unpaired) electrons. The number of aliphatic hydroxyl groups excluding tert-OH is 10. The van der Waals surface area contributed by atoms with E-state index in [4.69, 9.17) is 28.4 Å². The van der Waals surface area contributed by atoms with Crippen LogP contribution in [0.2, 0.25) is 0 Å². The van der Waals surface area contributed by atoms with Crippen molar-refractivity contribution in [1.82, 2.24) is 5.32 Å². The molecule has 3 fully saturated rings. The second-order valence-electron chi connectivity index (χ2n) is 10.9. The van der Waals surface area contributed by atoms with Gasteiger partial charge in [-0.3, -0.25) is 4.79 Å². The standard InChI is InChI=1S/C27H41NO17/c29-6-12(32)23-20(37)22(39)27(44-23)45-24-14(10-41-26-21(38)19(36)17(34)13(7-30)42-26)43-25(16(18(24)35)28-15(33)8-31)40-9-11-4-2-1-3-5-11/h1-5,12-14,16-27,29-32,34-39H,6-10H2,(H,28,33)/t12-,13+,14+,16+,17-,18+,19-,20-,21+,22-,23+,24+,25-,26+,27+/m0/s1. The molecule has 3 aliphatic rings. The van der Waals surface area contributed by atoms with Crippen LogP contribution in [0.15, 0.2) is 30.3 Å². The molecule has 45 heavy (non-hydrogen) atoms. The highest BCUT2D eigenvalue weighted by Gasteiger charge is 2.53. The first-order valence-electron chi connectivity index (χ1n) is 14.3. The fraction of sp³-hybridized carbons (Fsp3) is 0.741. The molecule has 3 heterocycles. The zero-order chi connectivity index (χ0) is 32.8. The predicted octanol–water partition coefficient (Wildman–Crippen LogP) is -6.23. The molecule has 3 saturated heterocycles. The highest BCUT2D eigenvalue weighted by atomic mass is 16.8. The molecule has 0 aromatic heterocycles. The van der Waals surface area contributed by atoms with Gasteiger partial charge in [-0.05, 0) is 5.56 Å². The summed E-state index contributed by atoms with van der Waals surface area (Å²) in [5, 5.41) is 104. The lowest BCUT2D eigenvalue weighted by molar-refractivity contribution is -0.335. The smallest absolute Gasteiger partial charge is 0.246 e. The summed E-state index contributed by atoms with van der Waals surface area (Å²) >= 11 is 0. The number of amides is 1. The van der Waals surface area contributed by atoms with Crippen molar-refractivity contribution in [2.75, 3.05) is 26.4 Å². The number of aliphatic hydroxyl groups is 10. The number of benzene rings is 1. The van der Waals surface area contributed by atoms with Crippen LogP contribution in [0.3, 0.4) is 0 Å². The summed E-state index contributed by atoms with van der Waals surface area (Å²) in [6.45, 7) is -3.16. The highest BCUT2D eigenvalue weighted by Crippen LogP contribution is 2.32. The molecule has 0 bridgehead atoms. The number of carbonyl (C=O) groups is 1. The van der Waals surface area contributed by atoms with E-state index in [2.05, 4.69) is 5.32 Å². The Morgan fingerprint density at radius 3 is 2.09 bits per heavy atom. The summed E-state index contributed by atoms with van der Waals surface area (Å²) in [5.41, 5.74) is 0.695. The number of nitrogens with one attached hydrogen (secondary N) is 1. The largest absolute Gasteiger partial charge is 0.394 e. The SMILES string of the molecule is O=C(CO)N[C@H]1[C@@H](OCc2ccccc2)O[C@H](CO[C@@H]2O[C@H](CO)[C@H](O)[C@H](O)[C@H]2O)[C@@H](O[C@H]2O[C@H]([C@@H](O)CO)[C@@H](O)[C@@H]2O)[C@@H]1O. The second kappa shape index (κ2) is 16.2. The number of rotatable bonds is 13. The maximum Gasteiger partial charge on any atom is 0.246 e. The molecule has 1 aromatic carbocycles. The molecule has 18 nitrogen and oxygen atoms in total. The van der Waals surface area contributed by atoms with Crippen LogP contribution in [0.4, 0.5) is 0 Å². The van der Waals surface area contributed by atoms with E-state index in [9.17, 15) is 55.9 Å². The topological polar surface area (TPSA) is 287 Å². The van der Waals surface area contributed by atoms with Gasteiger partial charge in [0.25, 0.3) is 0 Å². The molecular weight excluding hydrogens is 610 g/mol. The van der Waals surface area contributed by atoms with E-state index in [1.807, 2.05) is 0 Å². The Hall–Kier alpha value is -1.95. The molecule has 0 aliphatic carbocycles. The fourth-order valence-corrected chi connectivity index (χ4v) is 5.26. The summed E-state index contributed by atoms with van der Waals surface area (Å²) in [7, 11) is 0. The first-order valence-corrected chi connectivity index (χ1v) is 14.3. The average molecular weight is 652 g/mol. The molecule has 0 spiro atoms. The molecule has 0 saturated carbocycles. The van der Waals surface area contributed by atoms with Crippen molar-refractivity contribution in [2.45, 2.75) is 98.7 Å². The van der Waals surface area contributed by atoms with Crippen LogP contribution in [-0.2, 0) is 39.8 Å². The molecule has 1 amide bonds. The number of hydrogen-bond donors (Lipinski definition) is 11. The van der Waals surface area contributed by atoms with Gasteiger partial charge in [0.05, 0.1) is 26.4 Å². The lowest BCUT2D eigenvalue weighted by atomic mass is 9.96. The predicted molar refractivity (Wildman–Crippen MR) is 143 cm³/mol. The third kappa shape index (κ3) is 8.32. The Bertz CT molecular complexity index is 1050. The minimum atomic E-state index is -1.78. The molecule has 11 N–H and O–H groups in total. The van der Waals surface area contributed by atoms with E-state index in [1.54, 1.807) is 30.3 Å². The number of ether oxygens (including phenoxy) is 6. The van der Waals surface area contributed by atoms with Crippen molar-refractivity contribution in [3.8, 4) is 0 Å². The lowest BCUT2D eigenvalue weighted by Gasteiger charge is -2.46. The summed E-state index contributed by atoms with van der Waals surface area (Å²) < 4.78 is 34.1. The van der Waals surface area contributed by atoms with E-state index in [1.165, 1.54) is 0 Å². The Kier molecular flexibility index (Phi) is 13.0. The molecule has 256 valence electrons. The maximum absolute atomic E-state index is 12.2. The number of hydrogen-bond acceptors (Lipinski definition) is 17. The highest BCUT2D eigenvalue weighted by molar-refractivity contribution is 5.77. The molecule has 4 rings (SSSR count). The molecule has 15 atom stereocenters. The van der Waals surface area contributed by atoms with E-state index >= 15 is 0 Å². The first-order chi connectivity index (χ1) is 21.5. The fourth-order valence-electron chi connectivity index (χ4n) is 5.26. The maximum atomic E-state index is 12.2. The van der Waals surface area contributed by atoms with Gasteiger partial charge in [-0.1, -0.05) is 30.3 Å². The van der Waals surface area contributed by atoms with Crippen molar-refractivity contribution in [1.29, 1.82) is 0 Å². The van der Waals surface area contributed by atoms with Gasteiger partial charge < -0.3 is 84.8 Å². The minimum Gasteiger partial charge on any atom is -0.394 e. The van der Waals surface area contributed by atoms with E-state index in [0.29, 0.717) is 5.56 Å². The summed E-state index contributed by atoms with van der Waals surface area (Å²) in [4.78, 5) is 12.2. The van der Waals surface area contributed by atoms with Gasteiger partial charge >= 0.3 is 0 Å². The average Bonchev–Trinajstić information content (AvgIpc) is 3.33. The first kappa shape index (κ1) is 35.9. The van der Waals surface area contributed by atoms with Gasteiger partial charge in [0.15, 0.2) is 18.9 Å². The summed E-state index contributed by atoms with van der Waals surface area (Å²) in [5.74, 6) is -0.913. The monoisotopic (exact) mass is 651 g/mol. The third-order valence-electron chi connectivity index (χ3n) is 7.79. The Morgan fingerprint density at radius 2 is 1.44 bits per heavy atom. The van der Waals surface area contributed by atoms with E-state index in [0.717, 1.165) is 0 Å². The van der Waals surface area contributed by atoms with Crippen LogP contribution >= 0.6 is 0 Å². The quantitative estimate of drug-likeness (QED) is 0.0946. The van der Waals surface area contributed by atoms with Crippen LogP contribution in [-0.4, -0.2) is 175 Å². The molecule has 0 unspecified atom stereocenters. The van der Waals surface area contributed by atoms with Gasteiger partial charge in [-0.25, -0.2) is 0 Å². The molecule has 3 aliphatic heterocycles. The van der Waals surface area contributed by atoms with Crippen molar-refractivity contribution in [3.05, 3.63) is 35.9 Å².